The van der Waals surface area contributed by atoms with Gasteiger partial charge in [-0.15, -0.1) is 0 Å². The van der Waals surface area contributed by atoms with Crippen LogP contribution in [0.25, 0.3) is 0 Å². The van der Waals surface area contributed by atoms with Crippen molar-refractivity contribution in [2.75, 3.05) is 0 Å². The zero-order valence-electron chi connectivity index (χ0n) is 24.3. The molecule has 0 saturated heterocycles. The summed E-state index contributed by atoms with van der Waals surface area (Å²) in [5.74, 6) is -7.96. The molecular weight excluding hydrogens is 592 g/mol. The first kappa shape index (κ1) is 40.8. The van der Waals surface area contributed by atoms with Crippen LogP contribution in [0.15, 0.2) is 0 Å². The molecule has 44 heavy (non-hydrogen) atoms. The van der Waals surface area contributed by atoms with Crippen molar-refractivity contribution in [3.63, 3.8) is 0 Å². The summed E-state index contributed by atoms with van der Waals surface area (Å²) in [7, 11) is 0. The van der Waals surface area contributed by atoms with Gasteiger partial charge in [-0.1, -0.05) is 0 Å². The van der Waals surface area contributed by atoms with E-state index in [1.807, 2.05) is 0 Å². The fourth-order valence-corrected chi connectivity index (χ4v) is 3.24. The minimum Gasteiger partial charge on any atom is -0.481 e. The molecule has 0 aromatic rings. The molecule has 248 valence electrons. The van der Waals surface area contributed by atoms with Crippen molar-refractivity contribution < 1.29 is 58.2 Å². The Labute approximate surface area is 251 Å². The molecule has 0 radical (unpaired) electrons. The second kappa shape index (κ2) is 21.4. The third-order valence-corrected chi connectivity index (χ3v) is 5.35. The predicted octanol–water partition coefficient (Wildman–Crippen LogP) is -4.82. The van der Waals surface area contributed by atoms with E-state index in [1.165, 1.54) is 6.92 Å². The Balaban J connectivity index is 0. The Morgan fingerprint density at radius 2 is 0.818 bits per heavy atom. The molecule has 8 amide bonds. The molecule has 0 aromatic carbocycles. The fraction of sp³-hybridized carbons (Fsp3) is 0.583. The number of amides is 8. The first-order valence-electron chi connectivity index (χ1n) is 13.0. The first-order chi connectivity index (χ1) is 20.3. The smallest absolute Gasteiger partial charge is 0.326 e. The van der Waals surface area contributed by atoms with Gasteiger partial charge in [0.25, 0.3) is 0 Å². The van der Waals surface area contributed by atoms with E-state index in [0.29, 0.717) is 0 Å². The van der Waals surface area contributed by atoms with Crippen LogP contribution in [0.5, 0.6) is 0 Å². The number of carbonyl (C=O) groups is 10. The molecule has 0 aliphatic carbocycles. The Morgan fingerprint density at radius 3 is 1.11 bits per heavy atom. The highest BCUT2D eigenvalue weighted by atomic mass is 16.4. The summed E-state index contributed by atoms with van der Waals surface area (Å²) in [5.41, 5.74) is 20.0. The first-order valence-corrected chi connectivity index (χ1v) is 13.0. The number of carbonyl (C=O) groups excluding carboxylic acids is 8. The SMILES string of the molecule is CC(=O)NC(CCC(=O)O)C(=O)NC(CCC(N)=O)C(=O)O.CC(=O)NC(CCC(N)=O)C(=O)NC(CCC(N)=O)C(N)=O. The predicted molar refractivity (Wildman–Crippen MR) is 148 cm³/mol. The van der Waals surface area contributed by atoms with Gasteiger partial charge in [-0.3, -0.25) is 43.2 Å². The molecule has 0 aliphatic rings. The van der Waals surface area contributed by atoms with Crippen molar-refractivity contribution in [3.8, 4) is 0 Å². The van der Waals surface area contributed by atoms with Gasteiger partial charge in [0.05, 0.1) is 0 Å². The van der Waals surface area contributed by atoms with Crippen LogP contribution >= 0.6 is 0 Å². The van der Waals surface area contributed by atoms with Crippen LogP contribution in [0.4, 0.5) is 0 Å². The summed E-state index contributed by atoms with van der Waals surface area (Å²) in [5, 5.41) is 26.6. The number of hydrogen-bond acceptors (Lipinski definition) is 10. The molecule has 20 heteroatoms. The number of nitrogens with one attached hydrogen (secondary N) is 4. The van der Waals surface area contributed by atoms with E-state index in [1.54, 1.807) is 0 Å². The number of aliphatic carboxylic acids is 2. The molecule has 0 aliphatic heterocycles. The number of nitrogens with two attached hydrogens (primary N) is 4. The van der Waals surface area contributed by atoms with Crippen molar-refractivity contribution in [1.82, 2.24) is 21.3 Å². The third kappa shape index (κ3) is 21.4. The van der Waals surface area contributed by atoms with Crippen molar-refractivity contribution in [2.45, 2.75) is 89.4 Å². The molecule has 0 spiro atoms. The zero-order valence-corrected chi connectivity index (χ0v) is 24.3. The van der Waals surface area contributed by atoms with Gasteiger partial charge in [0.2, 0.25) is 47.3 Å². The van der Waals surface area contributed by atoms with Crippen LogP contribution in [-0.4, -0.2) is 93.6 Å². The van der Waals surface area contributed by atoms with Crippen molar-refractivity contribution in [3.05, 3.63) is 0 Å². The molecule has 0 fully saturated rings. The van der Waals surface area contributed by atoms with E-state index < -0.39 is 83.4 Å². The average molecular weight is 633 g/mol. The minimum absolute atomic E-state index is 0.0257. The van der Waals surface area contributed by atoms with Gasteiger partial charge in [-0.05, 0) is 25.7 Å². The van der Waals surface area contributed by atoms with Crippen LogP contribution in [0.1, 0.15) is 65.2 Å². The largest absolute Gasteiger partial charge is 0.481 e. The minimum atomic E-state index is -1.37. The molecule has 0 bridgehead atoms. The number of hydrogen-bond donors (Lipinski definition) is 10. The number of primary amides is 4. The lowest BCUT2D eigenvalue weighted by Gasteiger charge is -2.21. The van der Waals surface area contributed by atoms with Crippen molar-refractivity contribution in [2.24, 2.45) is 22.9 Å². The summed E-state index contributed by atoms with van der Waals surface area (Å²) < 4.78 is 0. The monoisotopic (exact) mass is 632 g/mol. The lowest BCUT2D eigenvalue weighted by molar-refractivity contribution is -0.143. The van der Waals surface area contributed by atoms with Gasteiger partial charge >= 0.3 is 11.9 Å². The summed E-state index contributed by atoms with van der Waals surface area (Å²) in [6.07, 6.45) is -1.36. The highest BCUT2D eigenvalue weighted by Gasteiger charge is 2.27. The van der Waals surface area contributed by atoms with E-state index in [4.69, 9.17) is 33.1 Å². The Bertz CT molecular complexity index is 1010. The van der Waals surface area contributed by atoms with Crippen molar-refractivity contribution >= 4 is 59.2 Å². The van der Waals surface area contributed by atoms with Gasteiger partial charge in [-0.25, -0.2) is 4.79 Å². The zero-order chi connectivity index (χ0) is 34.6. The second-order valence-corrected chi connectivity index (χ2v) is 9.32. The Kier molecular flexibility index (Phi) is 19.9. The van der Waals surface area contributed by atoms with E-state index in [-0.39, 0.29) is 51.4 Å². The molecule has 20 nitrogen and oxygen atoms in total. The van der Waals surface area contributed by atoms with Crippen LogP contribution in [-0.2, 0) is 47.9 Å². The molecule has 0 heterocycles. The quantitative estimate of drug-likeness (QED) is 0.0604. The molecule has 0 saturated carbocycles. The maximum atomic E-state index is 12.0. The van der Waals surface area contributed by atoms with Crippen LogP contribution in [0.3, 0.4) is 0 Å². The van der Waals surface area contributed by atoms with Gasteiger partial charge in [-0.2, -0.15) is 0 Å². The number of carboxylic acid groups (broad SMARTS) is 2. The normalized spacial score (nSPS) is 12.8. The highest BCUT2D eigenvalue weighted by molar-refractivity contribution is 5.92. The van der Waals surface area contributed by atoms with Crippen LogP contribution in [0, 0.1) is 0 Å². The lowest BCUT2D eigenvalue weighted by atomic mass is 10.1. The standard InChI is InChI=1S/C12H21N5O5.C12H19N3O7/c1-6(18)16-8(3-5-10(14)20)12(22)17-7(11(15)21)2-4-9(13)19;1-6(16)14-7(3-5-10(18)19)11(20)15-8(12(21)22)2-4-9(13)17/h7-8H,2-5H2,1H3,(H2,13,19)(H2,14,20)(H2,15,21)(H,16,18)(H,17,22);7-8H,2-5H2,1H3,(H2,13,17)(H,14,16)(H,15,20)(H,18,19)(H,21,22). The van der Waals surface area contributed by atoms with E-state index in [9.17, 15) is 47.9 Å². The van der Waals surface area contributed by atoms with E-state index in [0.717, 1.165) is 6.92 Å². The summed E-state index contributed by atoms with van der Waals surface area (Å²) in [4.78, 5) is 111. The summed E-state index contributed by atoms with van der Waals surface area (Å²) in [6.45, 7) is 2.34. The summed E-state index contributed by atoms with van der Waals surface area (Å²) >= 11 is 0. The Hall–Kier alpha value is -5.30. The van der Waals surface area contributed by atoms with Gasteiger partial charge in [0.15, 0.2) is 0 Å². The van der Waals surface area contributed by atoms with E-state index in [2.05, 4.69) is 21.3 Å². The second-order valence-electron chi connectivity index (χ2n) is 9.32. The number of rotatable bonds is 20. The highest BCUT2D eigenvalue weighted by Crippen LogP contribution is 2.04. The maximum Gasteiger partial charge on any atom is 0.326 e. The molecule has 14 N–H and O–H groups in total. The Morgan fingerprint density at radius 1 is 0.500 bits per heavy atom. The molecule has 4 atom stereocenters. The summed E-state index contributed by atoms with van der Waals surface area (Å²) in [6, 6.07) is -4.68. The van der Waals surface area contributed by atoms with Crippen LogP contribution in [0.2, 0.25) is 0 Å². The van der Waals surface area contributed by atoms with E-state index >= 15 is 0 Å². The average Bonchev–Trinajstić information content (AvgIpc) is 2.88. The van der Waals surface area contributed by atoms with Gasteiger partial charge in [0.1, 0.15) is 24.2 Å². The fourth-order valence-electron chi connectivity index (χ4n) is 3.24. The molecule has 0 rings (SSSR count). The third-order valence-electron chi connectivity index (χ3n) is 5.35. The maximum absolute atomic E-state index is 12.0. The van der Waals surface area contributed by atoms with Crippen LogP contribution < -0.4 is 44.2 Å². The van der Waals surface area contributed by atoms with Gasteiger partial charge < -0.3 is 54.4 Å². The van der Waals surface area contributed by atoms with Crippen molar-refractivity contribution in [1.29, 1.82) is 0 Å². The topological polar surface area (TPSA) is 363 Å². The molecule has 0 aromatic heterocycles. The lowest BCUT2D eigenvalue weighted by Crippen LogP contribution is -2.53. The molecule has 4 unspecified atom stereocenters. The number of carboxylic acids is 2. The van der Waals surface area contributed by atoms with Gasteiger partial charge in [0, 0.05) is 39.5 Å². The molecular formula is C24H40N8O12.